The normalized spacial score (nSPS) is 15.8. The van der Waals surface area contributed by atoms with Gasteiger partial charge in [-0.15, -0.1) is 0 Å². The van der Waals surface area contributed by atoms with E-state index in [1.807, 2.05) is 43.3 Å². The van der Waals surface area contributed by atoms with E-state index in [4.69, 9.17) is 0 Å². The summed E-state index contributed by atoms with van der Waals surface area (Å²) in [6, 6.07) is 7.59. The van der Waals surface area contributed by atoms with Crippen LogP contribution >= 0.6 is 0 Å². The fourth-order valence-electron chi connectivity index (χ4n) is 1.87. The Labute approximate surface area is 94.5 Å². The Morgan fingerprint density at radius 2 is 1.88 bits per heavy atom. The van der Waals surface area contributed by atoms with E-state index in [0.717, 1.165) is 11.4 Å². The highest BCUT2D eigenvalue weighted by atomic mass is 16.2. The minimum atomic E-state index is -0.112. The first-order valence-corrected chi connectivity index (χ1v) is 5.18. The molecule has 0 saturated carbocycles. The van der Waals surface area contributed by atoms with E-state index < -0.39 is 0 Å². The molecule has 0 bridgehead atoms. The van der Waals surface area contributed by atoms with Crippen molar-refractivity contribution in [1.29, 1.82) is 0 Å². The van der Waals surface area contributed by atoms with Gasteiger partial charge in [0.25, 0.3) is 0 Å². The molecule has 0 atom stereocenters. The minimum absolute atomic E-state index is 0.0152. The molecule has 1 aromatic carbocycles. The standard InChI is InChI=1S/C12H14N2O2/c1-13(2)10-5-3-4-6-11(10)14-8-9(15)7-12(14)16/h3-6H,7-8H2,1-2H3. The third-order valence-corrected chi connectivity index (χ3v) is 2.64. The topological polar surface area (TPSA) is 40.6 Å². The second kappa shape index (κ2) is 3.96. The molecule has 0 unspecified atom stereocenters. The lowest BCUT2D eigenvalue weighted by atomic mass is 10.2. The Morgan fingerprint density at radius 3 is 2.44 bits per heavy atom. The average molecular weight is 218 g/mol. The smallest absolute Gasteiger partial charge is 0.234 e. The number of carbonyl (C=O) groups excluding carboxylic acids is 2. The summed E-state index contributed by atoms with van der Waals surface area (Å²) in [6.07, 6.45) is 0.0295. The van der Waals surface area contributed by atoms with E-state index in [9.17, 15) is 9.59 Å². The van der Waals surface area contributed by atoms with Crippen LogP contribution in [0.3, 0.4) is 0 Å². The number of hydrogen-bond donors (Lipinski definition) is 0. The summed E-state index contributed by atoms with van der Waals surface area (Å²) in [5, 5.41) is 0. The van der Waals surface area contributed by atoms with E-state index in [-0.39, 0.29) is 24.7 Å². The van der Waals surface area contributed by atoms with Crippen molar-refractivity contribution in [3.63, 3.8) is 0 Å². The van der Waals surface area contributed by atoms with Crippen LogP contribution in [0.25, 0.3) is 0 Å². The molecule has 1 aliphatic heterocycles. The predicted octanol–water partition coefficient (Wildman–Crippen LogP) is 1.06. The Kier molecular flexibility index (Phi) is 2.64. The SMILES string of the molecule is CN(C)c1ccccc1N1CC(=O)CC1=O. The lowest BCUT2D eigenvalue weighted by molar-refractivity contribution is -0.121. The Hall–Kier alpha value is -1.84. The van der Waals surface area contributed by atoms with Crippen molar-refractivity contribution >= 4 is 23.1 Å². The molecule has 4 heteroatoms. The van der Waals surface area contributed by atoms with Crippen LogP contribution < -0.4 is 9.80 Å². The summed E-state index contributed by atoms with van der Waals surface area (Å²) >= 11 is 0. The number of rotatable bonds is 2. The van der Waals surface area contributed by atoms with Crippen molar-refractivity contribution in [3.05, 3.63) is 24.3 Å². The van der Waals surface area contributed by atoms with Crippen molar-refractivity contribution < 1.29 is 9.59 Å². The number of amides is 1. The number of ketones is 1. The van der Waals surface area contributed by atoms with Gasteiger partial charge in [-0.05, 0) is 12.1 Å². The number of anilines is 2. The van der Waals surface area contributed by atoms with Gasteiger partial charge in [0.1, 0.15) is 0 Å². The molecular weight excluding hydrogens is 204 g/mol. The molecule has 0 aromatic heterocycles. The molecule has 1 heterocycles. The van der Waals surface area contributed by atoms with E-state index >= 15 is 0 Å². The molecular formula is C12H14N2O2. The zero-order chi connectivity index (χ0) is 11.7. The molecule has 4 nitrogen and oxygen atoms in total. The third-order valence-electron chi connectivity index (χ3n) is 2.64. The fourth-order valence-corrected chi connectivity index (χ4v) is 1.87. The average Bonchev–Trinajstić information content (AvgIpc) is 2.57. The Morgan fingerprint density at radius 1 is 1.19 bits per heavy atom. The molecule has 0 N–H and O–H groups in total. The number of para-hydroxylation sites is 2. The molecule has 1 fully saturated rings. The molecule has 84 valence electrons. The number of carbonyl (C=O) groups is 2. The van der Waals surface area contributed by atoms with Gasteiger partial charge in [-0.3, -0.25) is 9.59 Å². The summed E-state index contributed by atoms with van der Waals surface area (Å²) in [5.41, 5.74) is 1.76. The van der Waals surface area contributed by atoms with Crippen LogP contribution in [0.4, 0.5) is 11.4 Å². The maximum Gasteiger partial charge on any atom is 0.234 e. The molecule has 16 heavy (non-hydrogen) atoms. The summed E-state index contributed by atoms with van der Waals surface area (Å²) in [7, 11) is 3.84. The number of benzene rings is 1. The van der Waals surface area contributed by atoms with Gasteiger partial charge >= 0.3 is 0 Å². The third kappa shape index (κ3) is 1.78. The van der Waals surface area contributed by atoms with Crippen LogP contribution in [-0.2, 0) is 9.59 Å². The van der Waals surface area contributed by atoms with E-state index in [1.165, 1.54) is 0 Å². The van der Waals surface area contributed by atoms with Gasteiger partial charge in [0.2, 0.25) is 5.91 Å². The molecule has 1 saturated heterocycles. The van der Waals surface area contributed by atoms with Crippen molar-refractivity contribution in [2.45, 2.75) is 6.42 Å². The van der Waals surface area contributed by atoms with Gasteiger partial charge in [0.15, 0.2) is 5.78 Å². The van der Waals surface area contributed by atoms with Gasteiger partial charge in [-0.1, -0.05) is 12.1 Å². The maximum absolute atomic E-state index is 11.6. The summed E-state index contributed by atoms with van der Waals surface area (Å²) < 4.78 is 0. The Balaban J connectivity index is 2.40. The highest BCUT2D eigenvalue weighted by molar-refractivity contribution is 6.16. The highest BCUT2D eigenvalue weighted by Gasteiger charge is 2.30. The van der Waals surface area contributed by atoms with Gasteiger partial charge in [0, 0.05) is 14.1 Å². The first-order valence-electron chi connectivity index (χ1n) is 5.18. The van der Waals surface area contributed by atoms with Gasteiger partial charge in [-0.2, -0.15) is 0 Å². The largest absolute Gasteiger partial charge is 0.376 e. The maximum atomic E-state index is 11.6. The fraction of sp³-hybridized carbons (Fsp3) is 0.333. The molecule has 1 amide bonds. The predicted molar refractivity (Wildman–Crippen MR) is 62.7 cm³/mol. The van der Waals surface area contributed by atoms with Gasteiger partial charge in [-0.25, -0.2) is 0 Å². The number of hydrogen-bond acceptors (Lipinski definition) is 3. The van der Waals surface area contributed by atoms with Gasteiger partial charge < -0.3 is 9.80 Å². The minimum Gasteiger partial charge on any atom is -0.376 e. The summed E-state index contributed by atoms with van der Waals surface area (Å²) in [4.78, 5) is 26.4. The quantitative estimate of drug-likeness (QED) is 0.697. The van der Waals surface area contributed by atoms with Crippen LogP contribution in [0.1, 0.15) is 6.42 Å². The van der Waals surface area contributed by atoms with Crippen molar-refractivity contribution in [3.8, 4) is 0 Å². The lowest BCUT2D eigenvalue weighted by Crippen LogP contribution is -2.26. The second-order valence-electron chi connectivity index (χ2n) is 4.08. The zero-order valence-corrected chi connectivity index (χ0v) is 9.43. The van der Waals surface area contributed by atoms with E-state index in [1.54, 1.807) is 4.90 Å². The van der Waals surface area contributed by atoms with Crippen molar-refractivity contribution in [2.24, 2.45) is 0 Å². The lowest BCUT2D eigenvalue weighted by Gasteiger charge is -2.23. The van der Waals surface area contributed by atoms with Gasteiger partial charge in [0.05, 0.1) is 24.3 Å². The molecule has 0 spiro atoms. The van der Waals surface area contributed by atoms with E-state index in [2.05, 4.69) is 0 Å². The van der Waals surface area contributed by atoms with Crippen LogP contribution in [0, 0.1) is 0 Å². The second-order valence-corrected chi connectivity index (χ2v) is 4.08. The number of nitrogens with zero attached hydrogens (tertiary/aromatic N) is 2. The molecule has 2 rings (SSSR count). The first-order chi connectivity index (χ1) is 7.59. The van der Waals surface area contributed by atoms with Crippen LogP contribution in [0.2, 0.25) is 0 Å². The highest BCUT2D eigenvalue weighted by Crippen LogP contribution is 2.29. The summed E-state index contributed by atoms with van der Waals surface area (Å²) in [6.45, 7) is 0.198. The van der Waals surface area contributed by atoms with Crippen molar-refractivity contribution in [2.75, 3.05) is 30.4 Å². The van der Waals surface area contributed by atoms with E-state index in [0.29, 0.717) is 0 Å². The summed E-state index contributed by atoms with van der Waals surface area (Å²) in [5.74, 6) is -0.127. The molecule has 1 aromatic rings. The molecule has 0 radical (unpaired) electrons. The first kappa shape index (κ1) is 10.7. The molecule has 0 aliphatic carbocycles. The molecule has 1 aliphatic rings. The van der Waals surface area contributed by atoms with Crippen LogP contribution in [0.15, 0.2) is 24.3 Å². The van der Waals surface area contributed by atoms with Crippen molar-refractivity contribution in [1.82, 2.24) is 0 Å². The van der Waals surface area contributed by atoms with Crippen LogP contribution in [0.5, 0.6) is 0 Å². The zero-order valence-electron chi connectivity index (χ0n) is 9.43. The number of Topliss-reactive ketones (excluding diaryl/α,β-unsaturated/α-hetero) is 1. The van der Waals surface area contributed by atoms with Crippen LogP contribution in [-0.4, -0.2) is 32.3 Å². The Bertz CT molecular complexity index is 440. The monoisotopic (exact) mass is 218 g/mol.